The maximum atomic E-state index is 14.8. The molecule has 0 radical (unpaired) electrons. The minimum Gasteiger partial charge on any atom is -0.471 e. The quantitative estimate of drug-likeness (QED) is 0.352. The molecule has 3 fully saturated rings. The van der Waals surface area contributed by atoms with Gasteiger partial charge in [0, 0.05) is 11.8 Å². The van der Waals surface area contributed by atoms with Gasteiger partial charge >= 0.3 is 0 Å². The summed E-state index contributed by atoms with van der Waals surface area (Å²) in [7, 11) is 0. The molecule has 1 amide bonds. The summed E-state index contributed by atoms with van der Waals surface area (Å²) >= 11 is 6.29. The van der Waals surface area contributed by atoms with Crippen molar-refractivity contribution >= 4 is 34.9 Å². The average molecular weight is 593 g/mol. The third kappa shape index (κ3) is 5.90. The van der Waals surface area contributed by atoms with E-state index in [1.807, 2.05) is 0 Å². The van der Waals surface area contributed by atoms with E-state index in [-0.39, 0.29) is 53.4 Å². The fourth-order valence-corrected chi connectivity index (χ4v) is 5.43. The molecule has 3 aliphatic rings. The molecule has 2 saturated heterocycles. The molecule has 14 heteroatoms. The Kier molecular flexibility index (Phi) is 7.88. The first kappa shape index (κ1) is 27.9. The molecule has 4 atom stereocenters. The Balaban J connectivity index is 1.11. The van der Waals surface area contributed by atoms with Gasteiger partial charge in [-0.2, -0.15) is 9.97 Å². The maximum Gasteiger partial charge on any atom is 0.296 e. The van der Waals surface area contributed by atoms with E-state index in [1.165, 1.54) is 12.3 Å². The van der Waals surface area contributed by atoms with E-state index in [9.17, 15) is 23.8 Å². The monoisotopic (exact) mass is 592 g/mol. The number of benzene rings is 1. The predicted molar refractivity (Wildman–Crippen MR) is 140 cm³/mol. The molecular weight excluding hydrogens is 566 g/mol. The molecular formula is C27H27ClF2N4O7. The molecule has 3 N–H and O–H groups in total. The van der Waals surface area contributed by atoms with Gasteiger partial charge in [0.25, 0.3) is 11.9 Å². The third-order valence-electron chi connectivity index (χ3n) is 7.50. The highest BCUT2D eigenvalue weighted by atomic mass is 35.5. The van der Waals surface area contributed by atoms with Crippen molar-refractivity contribution in [3.63, 3.8) is 0 Å². The van der Waals surface area contributed by atoms with Gasteiger partial charge < -0.3 is 34.1 Å². The van der Waals surface area contributed by atoms with Gasteiger partial charge in [0.1, 0.15) is 41.6 Å². The minimum absolute atomic E-state index is 0.0379. The lowest BCUT2D eigenvalue weighted by atomic mass is 9.88. The second-order valence-corrected chi connectivity index (χ2v) is 10.8. The number of hydrogen-bond acceptors (Lipinski definition) is 9. The number of aliphatic hydroxyl groups excluding tert-OH is 2. The van der Waals surface area contributed by atoms with Crippen LogP contribution in [0.2, 0.25) is 5.02 Å². The zero-order valence-electron chi connectivity index (χ0n) is 21.6. The van der Waals surface area contributed by atoms with Crippen molar-refractivity contribution in [2.75, 3.05) is 13.2 Å². The molecule has 2 aliphatic heterocycles. The van der Waals surface area contributed by atoms with Crippen LogP contribution in [0.15, 0.2) is 23.2 Å². The summed E-state index contributed by atoms with van der Waals surface area (Å²) in [6.07, 6.45) is 1.70. The molecule has 4 heterocycles. The fraction of sp³-hybridized carbons (Fsp3) is 0.481. The number of rotatable bonds is 7. The van der Waals surface area contributed by atoms with Gasteiger partial charge in [0.05, 0.1) is 30.4 Å². The van der Waals surface area contributed by atoms with E-state index in [0.29, 0.717) is 31.2 Å². The predicted octanol–water partition coefficient (Wildman–Crippen LogP) is 3.14. The van der Waals surface area contributed by atoms with Crippen molar-refractivity contribution in [1.29, 1.82) is 0 Å². The van der Waals surface area contributed by atoms with Crippen LogP contribution in [0.25, 0.3) is 11.2 Å². The molecule has 11 nitrogen and oxygen atoms in total. The Bertz CT molecular complexity index is 1460. The van der Waals surface area contributed by atoms with E-state index < -0.39 is 54.1 Å². The van der Waals surface area contributed by atoms with Crippen molar-refractivity contribution in [1.82, 2.24) is 15.0 Å². The normalized spacial score (nSPS) is 27.9. The lowest BCUT2D eigenvalue weighted by Gasteiger charge is -2.21. The Hall–Kier alpha value is -3.23. The topological polar surface area (TPSA) is 148 Å². The van der Waals surface area contributed by atoms with E-state index in [4.69, 9.17) is 30.5 Å². The average Bonchev–Trinajstić information content (AvgIpc) is 3.64. The number of amides is 1. The van der Waals surface area contributed by atoms with Crippen LogP contribution in [0, 0.1) is 17.6 Å². The van der Waals surface area contributed by atoms with E-state index in [1.54, 1.807) is 0 Å². The van der Waals surface area contributed by atoms with Crippen LogP contribution < -0.4 is 9.47 Å². The van der Waals surface area contributed by atoms with Gasteiger partial charge in [-0.05, 0) is 49.8 Å². The Labute approximate surface area is 237 Å². The van der Waals surface area contributed by atoms with Gasteiger partial charge in [0.15, 0.2) is 11.8 Å². The number of imidazole rings is 1. The summed E-state index contributed by atoms with van der Waals surface area (Å²) in [5, 5.41) is 19.5. The molecule has 1 saturated carbocycles. The number of H-pyrrole nitrogens is 1. The molecule has 0 bridgehead atoms. The first-order valence-electron chi connectivity index (χ1n) is 13.3. The Morgan fingerprint density at radius 2 is 1.83 bits per heavy atom. The number of pyridine rings is 1. The lowest BCUT2D eigenvalue weighted by molar-refractivity contribution is 0.00706. The van der Waals surface area contributed by atoms with Crippen LogP contribution >= 0.6 is 11.6 Å². The molecule has 1 aromatic carbocycles. The third-order valence-corrected chi connectivity index (χ3v) is 7.77. The number of carbonyl (C=O) groups is 1. The van der Waals surface area contributed by atoms with Gasteiger partial charge in [-0.3, -0.25) is 4.79 Å². The number of nitrogens with zero attached hydrogens (tertiary/aromatic N) is 3. The van der Waals surface area contributed by atoms with E-state index >= 15 is 0 Å². The number of aliphatic imine (C=N–C) groups is 1. The molecule has 6 rings (SSSR count). The highest BCUT2D eigenvalue weighted by Crippen LogP contribution is 2.32. The highest BCUT2D eigenvalue weighted by molar-refractivity contribution is 6.32. The van der Waals surface area contributed by atoms with E-state index in [0.717, 1.165) is 12.1 Å². The number of aromatic nitrogens is 3. The van der Waals surface area contributed by atoms with E-state index in [2.05, 4.69) is 19.9 Å². The van der Waals surface area contributed by atoms with Crippen LogP contribution in [0.1, 0.15) is 41.6 Å². The SMILES string of the molecule is O=C(N=CC1CCC(O)CC1)c1cc(F)c(COc2nc3nc(O[C@@H]4COC5C4OC[C@H]5O)[nH]c3cc2Cl)c(F)c1. The zero-order valence-corrected chi connectivity index (χ0v) is 22.4. The van der Waals surface area contributed by atoms with Crippen molar-refractivity contribution in [3.05, 3.63) is 46.0 Å². The van der Waals surface area contributed by atoms with Crippen LogP contribution in [-0.4, -0.2) is 81.0 Å². The first-order chi connectivity index (χ1) is 19.7. The zero-order chi connectivity index (χ0) is 28.7. The minimum atomic E-state index is -0.978. The van der Waals surface area contributed by atoms with Gasteiger partial charge in [-0.15, -0.1) is 0 Å². The summed E-state index contributed by atoms with van der Waals surface area (Å²) in [6, 6.07) is 3.43. The summed E-state index contributed by atoms with van der Waals surface area (Å²) in [5.74, 6) is -2.79. The van der Waals surface area contributed by atoms with Gasteiger partial charge in [-0.1, -0.05) is 11.6 Å². The van der Waals surface area contributed by atoms with Crippen molar-refractivity contribution < 1.29 is 42.7 Å². The van der Waals surface area contributed by atoms with Crippen molar-refractivity contribution in [3.8, 4) is 11.9 Å². The molecule has 218 valence electrons. The van der Waals surface area contributed by atoms with Crippen LogP contribution in [0.3, 0.4) is 0 Å². The number of nitrogens with one attached hydrogen (secondary N) is 1. The van der Waals surface area contributed by atoms with Crippen molar-refractivity contribution in [2.24, 2.45) is 10.9 Å². The van der Waals surface area contributed by atoms with Gasteiger partial charge in [0.2, 0.25) is 5.88 Å². The van der Waals surface area contributed by atoms with Crippen LogP contribution in [0.5, 0.6) is 11.9 Å². The lowest BCUT2D eigenvalue weighted by Crippen LogP contribution is -2.34. The van der Waals surface area contributed by atoms with Crippen LogP contribution in [-0.2, 0) is 16.1 Å². The molecule has 3 aromatic rings. The summed E-state index contributed by atoms with van der Waals surface area (Å²) < 4.78 is 52.1. The molecule has 2 aromatic heterocycles. The smallest absolute Gasteiger partial charge is 0.296 e. The second kappa shape index (κ2) is 11.6. The number of fused-ring (bicyclic) bond motifs is 2. The standard InChI is InChI=1S/C27H27ClF2N4O7/c28-16-7-19-24(34-27(32-19)41-21-11-39-22-20(36)10-38-23(21)22)33-26(16)40-9-15-17(29)5-13(6-18(15)30)25(37)31-8-12-1-3-14(35)4-2-12/h5-8,12,14,20-23,35-36H,1-4,9-11H2,(H,32,33,34)/t12?,14?,20-,21-,22?,23?/m1/s1. The number of halogens is 3. The highest BCUT2D eigenvalue weighted by Gasteiger charge is 2.48. The summed E-state index contributed by atoms with van der Waals surface area (Å²) in [6.45, 7) is -0.173. The second-order valence-electron chi connectivity index (χ2n) is 10.4. The summed E-state index contributed by atoms with van der Waals surface area (Å²) in [5.41, 5.74) is -0.0147. The molecule has 1 aliphatic carbocycles. The number of hydrogen-bond donors (Lipinski definition) is 3. The number of aliphatic hydroxyl groups is 2. The fourth-order valence-electron chi connectivity index (χ4n) is 5.23. The van der Waals surface area contributed by atoms with Crippen molar-refractivity contribution in [2.45, 2.75) is 62.8 Å². The van der Waals surface area contributed by atoms with Gasteiger partial charge in [-0.25, -0.2) is 13.8 Å². The van der Waals surface area contributed by atoms with Crippen LogP contribution in [0.4, 0.5) is 8.78 Å². The number of carbonyl (C=O) groups excluding carboxylic acids is 1. The first-order valence-corrected chi connectivity index (χ1v) is 13.6. The molecule has 2 unspecified atom stereocenters. The molecule has 41 heavy (non-hydrogen) atoms. The maximum absolute atomic E-state index is 14.8. The summed E-state index contributed by atoms with van der Waals surface area (Å²) in [4.78, 5) is 27.7. The Morgan fingerprint density at radius 3 is 2.59 bits per heavy atom. The molecule has 0 spiro atoms. The number of ether oxygens (including phenoxy) is 4. The number of aromatic amines is 1. The Morgan fingerprint density at radius 1 is 1.10 bits per heavy atom. The largest absolute Gasteiger partial charge is 0.471 e.